The van der Waals surface area contributed by atoms with E-state index >= 15 is 0 Å². The van der Waals surface area contributed by atoms with Gasteiger partial charge in [-0.15, -0.1) is 0 Å². The molecule has 1 unspecified atom stereocenters. The number of aryl methyl sites for hydroxylation is 1. The maximum Gasteiger partial charge on any atom is 0.231 e. The third-order valence-electron chi connectivity index (χ3n) is 3.86. The number of carbonyl (C=O) groups excluding carboxylic acids is 2. The fraction of sp³-hybridized carbons (Fsp3) is 0.500. The van der Waals surface area contributed by atoms with Gasteiger partial charge >= 0.3 is 0 Å². The van der Waals surface area contributed by atoms with Gasteiger partial charge in [0.05, 0.1) is 17.8 Å². The molecule has 1 aliphatic rings. The van der Waals surface area contributed by atoms with Crippen molar-refractivity contribution in [2.45, 2.75) is 33.7 Å². The molecular weight excluding hydrogens is 310 g/mol. The lowest BCUT2D eigenvalue weighted by atomic mass is 10.1. The quantitative estimate of drug-likeness (QED) is 0.902. The van der Waals surface area contributed by atoms with E-state index in [1.54, 1.807) is 24.1 Å². The summed E-state index contributed by atoms with van der Waals surface area (Å²) in [5.41, 5.74) is 0.730. The van der Waals surface area contributed by atoms with E-state index in [0.717, 1.165) is 12.2 Å². The van der Waals surface area contributed by atoms with Crippen molar-refractivity contribution in [1.82, 2.24) is 14.9 Å². The van der Waals surface area contributed by atoms with Crippen LogP contribution in [0.2, 0.25) is 0 Å². The summed E-state index contributed by atoms with van der Waals surface area (Å²) >= 11 is 0. The van der Waals surface area contributed by atoms with Crippen molar-refractivity contribution in [3.63, 3.8) is 0 Å². The van der Waals surface area contributed by atoms with Crippen LogP contribution >= 0.6 is 0 Å². The van der Waals surface area contributed by atoms with E-state index in [4.69, 9.17) is 4.52 Å². The van der Waals surface area contributed by atoms with E-state index in [2.05, 4.69) is 29.4 Å². The van der Waals surface area contributed by atoms with Gasteiger partial charge in [0.2, 0.25) is 11.8 Å². The van der Waals surface area contributed by atoms with Gasteiger partial charge in [0.15, 0.2) is 5.82 Å². The van der Waals surface area contributed by atoms with Crippen molar-refractivity contribution in [2.24, 2.45) is 11.8 Å². The Hall–Kier alpha value is -2.64. The SMILES string of the molecule is Cc1cc(NC(=O)C2CC(=O)N(c3cnn(CC(C)C)c3)C2)no1. The van der Waals surface area contributed by atoms with Gasteiger partial charge in [0.25, 0.3) is 0 Å². The number of aromatic nitrogens is 3. The molecule has 3 rings (SSSR count). The van der Waals surface area contributed by atoms with Crippen molar-refractivity contribution in [3.8, 4) is 0 Å². The van der Waals surface area contributed by atoms with E-state index in [0.29, 0.717) is 24.0 Å². The van der Waals surface area contributed by atoms with Gasteiger partial charge in [-0.2, -0.15) is 5.10 Å². The van der Waals surface area contributed by atoms with Gasteiger partial charge in [-0.05, 0) is 12.8 Å². The van der Waals surface area contributed by atoms with Gasteiger partial charge in [-0.1, -0.05) is 19.0 Å². The molecule has 8 heteroatoms. The van der Waals surface area contributed by atoms with Crippen LogP contribution in [0, 0.1) is 18.8 Å². The molecule has 3 heterocycles. The van der Waals surface area contributed by atoms with Crippen LogP contribution in [-0.4, -0.2) is 33.3 Å². The molecule has 24 heavy (non-hydrogen) atoms. The van der Waals surface area contributed by atoms with Gasteiger partial charge in [-0.25, -0.2) is 0 Å². The molecule has 128 valence electrons. The Morgan fingerprint density at radius 1 is 1.50 bits per heavy atom. The third kappa shape index (κ3) is 3.47. The average Bonchev–Trinajstić information content (AvgIpc) is 3.19. The van der Waals surface area contributed by atoms with E-state index in [9.17, 15) is 9.59 Å². The molecule has 8 nitrogen and oxygen atoms in total. The maximum absolute atomic E-state index is 12.3. The highest BCUT2D eigenvalue weighted by Gasteiger charge is 2.36. The Labute approximate surface area is 139 Å². The van der Waals surface area contributed by atoms with Crippen LogP contribution in [-0.2, 0) is 16.1 Å². The smallest absolute Gasteiger partial charge is 0.231 e. The van der Waals surface area contributed by atoms with E-state index in [-0.39, 0.29) is 18.2 Å². The number of carbonyl (C=O) groups is 2. The van der Waals surface area contributed by atoms with Crippen LogP contribution in [0.5, 0.6) is 0 Å². The summed E-state index contributed by atoms with van der Waals surface area (Å²) < 4.78 is 6.74. The molecule has 0 radical (unpaired) electrons. The molecule has 2 aromatic rings. The highest BCUT2D eigenvalue weighted by atomic mass is 16.5. The lowest BCUT2D eigenvalue weighted by Crippen LogP contribution is -2.28. The van der Waals surface area contributed by atoms with Gasteiger partial charge in [-0.3, -0.25) is 14.3 Å². The molecule has 1 fully saturated rings. The first-order valence-electron chi connectivity index (χ1n) is 7.99. The molecule has 0 spiro atoms. The van der Waals surface area contributed by atoms with E-state index in [1.807, 2.05) is 10.9 Å². The third-order valence-corrected chi connectivity index (χ3v) is 3.86. The molecule has 0 bridgehead atoms. The Morgan fingerprint density at radius 3 is 2.96 bits per heavy atom. The normalized spacial score (nSPS) is 17.8. The second-order valence-corrected chi connectivity index (χ2v) is 6.53. The van der Waals surface area contributed by atoms with Crippen LogP contribution in [0.1, 0.15) is 26.0 Å². The van der Waals surface area contributed by atoms with Crippen LogP contribution in [0.3, 0.4) is 0 Å². The van der Waals surface area contributed by atoms with E-state index in [1.165, 1.54) is 0 Å². The Kier molecular flexibility index (Phi) is 4.37. The summed E-state index contributed by atoms with van der Waals surface area (Å²) in [6.45, 7) is 7.09. The molecule has 0 saturated carbocycles. The first kappa shape index (κ1) is 16.2. The van der Waals surface area contributed by atoms with Crippen molar-refractivity contribution in [1.29, 1.82) is 0 Å². The predicted molar refractivity (Wildman–Crippen MR) is 87.4 cm³/mol. The number of anilines is 2. The number of amides is 2. The predicted octanol–water partition coefficient (Wildman–Crippen LogP) is 1.83. The number of hydrogen-bond donors (Lipinski definition) is 1. The summed E-state index contributed by atoms with van der Waals surface area (Å²) in [6, 6.07) is 1.64. The summed E-state index contributed by atoms with van der Waals surface area (Å²) in [6.07, 6.45) is 3.69. The van der Waals surface area contributed by atoms with E-state index < -0.39 is 5.92 Å². The van der Waals surface area contributed by atoms with Crippen molar-refractivity contribution >= 4 is 23.3 Å². The van der Waals surface area contributed by atoms with Gasteiger partial charge in [0, 0.05) is 31.8 Å². The van der Waals surface area contributed by atoms with Crippen LogP contribution in [0.25, 0.3) is 0 Å². The second-order valence-electron chi connectivity index (χ2n) is 6.53. The molecule has 0 aromatic carbocycles. The van der Waals surface area contributed by atoms with Crippen LogP contribution < -0.4 is 10.2 Å². The molecule has 1 saturated heterocycles. The molecule has 1 aliphatic heterocycles. The maximum atomic E-state index is 12.3. The minimum absolute atomic E-state index is 0.0735. The minimum atomic E-state index is -0.414. The zero-order chi connectivity index (χ0) is 17.3. The number of nitrogens with zero attached hydrogens (tertiary/aromatic N) is 4. The molecule has 2 aromatic heterocycles. The number of hydrogen-bond acceptors (Lipinski definition) is 5. The minimum Gasteiger partial charge on any atom is -0.360 e. The van der Waals surface area contributed by atoms with Crippen molar-refractivity contribution in [3.05, 3.63) is 24.2 Å². The Bertz CT molecular complexity index is 748. The van der Waals surface area contributed by atoms with Crippen molar-refractivity contribution < 1.29 is 14.1 Å². The molecule has 2 amide bonds. The Morgan fingerprint density at radius 2 is 2.29 bits per heavy atom. The molecular formula is C16H21N5O3. The fourth-order valence-electron chi connectivity index (χ4n) is 2.75. The highest BCUT2D eigenvalue weighted by Crippen LogP contribution is 2.25. The van der Waals surface area contributed by atoms with Gasteiger partial charge in [0.1, 0.15) is 5.76 Å². The molecule has 1 N–H and O–H groups in total. The topological polar surface area (TPSA) is 93.3 Å². The highest BCUT2D eigenvalue weighted by molar-refractivity contribution is 6.03. The number of rotatable bonds is 5. The number of nitrogens with one attached hydrogen (secondary N) is 1. The van der Waals surface area contributed by atoms with Crippen LogP contribution in [0.15, 0.2) is 23.0 Å². The zero-order valence-electron chi connectivity index (χ0n) is 14.0. The lowest BCUT2D eigenvalue weighted by molar-refractivity contribution is -0.122. The Balaban J connectivity index is 1.64. The first-order valence-corrected chi connectivity index (χ1v) is 7.99. The average molecular weight is 331 g/mol. The van der Waals surface area contributed by atoms with Gasteiger partial charge < -0.3 is 14.7 Å². The lowest BCUT2D eigenvalue weighted by Gasteiger charge is -2.14. The summed E-state index contributed by atoms with van der Waals surface area (Å²) in [5, 5.41) is 10.7. The first-order chi connectivity index (χ1) is 11.4. The van der Waals surface area contributed by atoms with Crippen LogP contribution in [0.4, 0.5) is 11.5 Å². The summed E-state index contributed by atoms with van der Waals surface area (Å²) in [5.74, 6) is 0.740. The zero-order valence-corrected chi connectivity index (χ0v) is 14.0. The molecule has 1 atom stereocenters. The fourth-order valence-corrected chi connectivity index (χ4v) is 2.75. The largest absolute Gasteiger partial charge is 0.360 e. The van der Waals surface area contributed by atoms with Crippen molar-refractivity contribution in [2.75, 3.05) is 16.8 Å². The monoisotopic (exact) mass is 331 g/mol. The second kappa shape index (κ2) is 6.46. The molecule has 0 aliphatic carbocycles. The standard InChI is InChI=1S/C16H21N5O3/c1-10(2)7-20-9-13(6-17-20)21-8-12(5-15(21)22)16(23)18-14-4-11(3)24-19-14/h4,6,9-10,12H,5,7-8H2,1-3H3,(H,18,19,23). The summed E-state index contributed by atoms with van der Waals surface area (Å²) in [4.78, 5) is 26.2. The summed E-state index contributed by atoms with van der Waals surface area (Å²) in [7, 11) is 0.